The molecule has 3 heterocycles. The Hall–Kier alpha value is -3.64. The van der Waals surface area contributed by atoms with Gasteiger partial charge in [-0.1, -0.05) is 23.8 Å². The highest BCUT2D eigenvalue weighted by Crippen LogP contribution is 2.41. The number of hydrogen-bond donors (Lipinski definition) is 1. The van der Waals surface area contributed by atoms with Gasteiger partial charge < -0.3 is 19.5 Å². The third kappa shape index (κ3) is 3.85. The fourth-order valence-electron chi connectivity index (χ4n) is 4.13. The molecule has 5 rings (SSSR count). The Morgan fingerprint density at radius 3 is 2.25 bits per heavy atom. The molecule has 2 atom stereocenters. The Kier molecular flexibility index (Phi) is 5.37. The Labute approximate surface area is 193 Å². The van der Waals surface area contributed by atoms with Gasteiger partial charge in [0.1, 0.15) is 17.5 Å². The first-order valence-corrected chi connectivity index (χ1v) is 11.0. The fraction of sp³-hybridized carbons (Fsp3) is 0.154. The van der Waals surface area contributed by atoms with Crippen molar-refractivity contribution in [3.8, 4) is 11.5 Å². The lowest BCUT2D eigenvalue weighted by atomic mass is 10.0. The number of benzene rings is 2. The Morgan fingerprint density at radius 1 is 0.906 bits per heavy atom. The van der Waals surface area contributed by atoms with Gasteiger partial charge in [-0.15, -0.1) is 0 Å². The molecule has 2 aromatic carbocycles. The number of thiocarbonyl (C=S) groups is 1. The molecule has 5 nitrogen and oxygen atoms in total. The predicted molar refractivity (Wildman–Crippen MR) is 131 cm³/mol. The summed E-state index contributed by atoms with van der Waals surface area (Å²) < 4.78 is 8.14. The van der Waals surface area contributed by atoms with Crippen LogP contribution in [0.25, 0.3) is 0 Å². The number of rotatable bonds is 5. The minimum atomic E-state index is -0.0548. The smallest absolute Gasteiger partial charge is 0.174 e. The van der Waals surface area contributed by atoms with Gasteiger partial charge in [-0.05, 0) is 79.8 Å². The standard InChI is InChI=1S/C26H24N4OS/c1-18-8-12-20(13-9-18)31-21-14-10-19(11-15-21)30-25(23-7-5-17-29(23)2)24(28-26(30)32)22-6-3-4-16-27-22/h3-17,24-25H,1-2H3,(H,28,32). The minimum absolute atomic E-state index is 0.0266. The molecule has 1 saturated heterocycles. The molecule has 4 aromatic rings. The fourth-order valence-corrected chi connectivity index (χ4v) is 4.48. The molecule has 2 aromatic heterocycles. The third-order valence-corrected chi connectivity index (χ3v) is 6.07. The Bertz CT molecular complexity index is 1220. The molecule has 1 aliphatic heterocycles. The lowest BCUT2D eigenvalue weighted by molar-refractivity contribution is 0.482. The molecule has 0 aliphatic carbocycles. The third-order valence-electron chi connectivity index (χ3n) is 5.76. The van der Waals surface area contributed by atoms with E-state index in [2.05, 4.69) is 52.1 Å². The maximum Gasteiger partial charge on any atom is 0.174 e. The van der Waals surface area contributed by atoms with E-state index in [-0.39, 0.29) is 12.1 Å². The van der Waals surface area contributed by atoms with Crippen LogP contribution < -0.4 is 15.0 Å². The summed E-state index contributed by atoms with van der Waals surface area (Å²) in [6, 6.07) is 26.2. The Morgan fingerprint density at radius 2 is 1.62 bits per heavy atom. The Balaban J connectivity index is 1.47. The van der Waals surface area contributed by atoms with E-state index >= 15 is 0 Å². The molecule has 0 bridgehead atoms. The minimum Gasteiger partial charge on any atom is -0.457 e. The van der Waals surface area contributed by atoms with Crippen molar-refractivity contribution in [1.29, 1.82) is 0 Å². The molecule has 1 fully saturated rings. The summed E-state index contributed by atoms with van der Waals surface area (Å²) in [6.07, 6.45) is 3.88. The summed E-state index contributed by atoms with van der Waals surface area (Å²) in [7, 11) is 2.06. The van der Waals surface area contributed by atoms with Gasteiger partial charge in [0.25, 0.3) is 0 Å². The van der Waals surface area contributed by atoms with E-state index in [0.717, 1.165) is 28.6 Å². The lowest BCUT2D eigenvalue weighted by Gasteiger charge is -2.28. The SMILES string of the molecule is Cc1ccc(Oc2ccc(N3C(=S)NC(c4ccccn4)C3c3cccn3C)cc2)cc1. The van der Waals surface area contributed by atoms with Crippen LogP contribution in [0.15, 0.2) is 91.3 Å². The second-order valence-corrected chi connectivity index (χ2v) is 8.34. The summed E-state index contributed by atoms with van der Waals surface area (Å²) >= 11 is 5.79. The summed E-state index contributed by atoms with van der Waals surface area (Å²) in [6.45, 7) is 2.06. The molecule has 0 saturated carbocycles. The van der Waals surface area contributed by atoms with Crippen molar-refractivity contribution in [2.75, 3.05) is 4.90 Å². The largest absolute Gasteiger partial charge is 0.457 e. The molecule has 32 heavy (non-hydrogen) atoms. The van der Waals surface area contributed by atoms with E-state index in [1.165, 1.54) is 5.56 Å². The van der Waals surface area contributed by atoms with Crippen molar-refractivity contribution >= 4 is 23.0 Å². The molecule has 160 valence electrons. The van der Waals surface area contributed by atoms with Crippen LogP contribution in [0.2, 0.25) is 0 Å². The maximum atomic E-state index is 6.01. The lowest BCUT2D eigenvalue weighted by Crippen LogP contribution is -2.30. The van der Waals surface area contributed by atoms with Crippen molar-refractivity contribution in [3.05, 3.63) is 108 Å². The highest BCUT2D eigenvalue weighted by atomic mass is 32.1. The zero-order valence-electron chi connectivity index (χ0n) is 18.0. The number of nitrogens with zero attached hydrogens (tertiary/aromatic N) is 3. The first kappa shape index (κ1) is 20.3. The summed E-state index contributed by atoms with van der Waals surface area (Å²) in [5.41, 5.74) is 4.33. The molecular weight excluding hydrogens is 416 g/mol. The van der Waals surface area contributed by atoms with Crippen molar-refractivity contribution in [1.82, 2.24) is 14.9 Å². The maximum absolute atomic E-state index is 6.01. The average molecular weight is 441 g/mol. The second kappa shape index (κ2) is 8.48. The first-order valence-electron chi connectivity index (χ1n) is 10.6. The van der Waals surface area contributed by atoms with Crippen molar-refractivity contribution in [2.45, 2.75) is 19.0 Å². The monoisotopic (exact) mass is 440 g/mol. The van der Waals surface area contributed by atoms with Gasteiger partial charge in [0.2, 0.25) is 0 Å². The van der Waals surface area contributed by atoms with E-state index < -0.39 is 0 Å². The van der Waals surface area contributed by atoms with E-state index in [4.69, 9.17) is 17.0 Å². The zero-order chi connectivity index (χ0) is 22.1. The summed E-state index contributed by atoms with van der Waals surface area (Å²) in [5.74, 6) is 1.60. The summed E-state index contributed by atoms with van der Waals surface area (Å²) in [5, 5.41) is 4.17. The highest BCUT2D eigenvalue weighted by Gasteiger charge is 2.41. The number of pyridine rings is 1. The number of nitrogens with one attached hydrogen (secondary N) is 1. The molecule has 1 aliphatic rings. The average Bonchev–Trinajstić information content (AvgIpc) is 3.39. The molecule has 2 unspecified atom stereocenters. The molecule has 0 amide bonds. The highest BCUT2D eigenvalue weighted by molar-refractivity contribution is 7.80. The predicted octanol–water partition coefficient (Wildman–Crippen LogP) is 5.70. The van der Waals surface area contributed by atoms with Crippen molar-refractivity contribution in [2.24, 2.45) is 7.05 Å². The van der Waals surface area contributed by atoms with Crippen LogP contribution in [0, 0.1) is 6.92 Å². The van der Waals surface area contributed by atoms with Gasteiger partial charge >= 0.3 is 0 Å². The van der Waals surface area contributed by atoms with Crippen molar-refractivity contribution < 1.29 is 4.74 Å². The van der Waals surface area contributed by atoms with Crippen LogP contribution in [0.3, 0.4) is 0 Å². The first-order chi connectivity index (χ1) is 15.6. The number of ether oxygens (including phenoxy) is 1. The number of aromatic nitrogens is 2. The van der Waals surface area contributed by atoms with Gasteiger partial charge in [-0.25, -0.2) is 0 Å². The van der Waals surface area contributed by atoms with Crippen LogP contribution in [0.4, 0.5) is 5.69 Å². The van der Waals surface area contributed by atoms with E-state index in [1.807, 2.05) is 72.9 Å². The quantitative estimate of drug-likeness (QED) is 0.403. The van der Waals surface area contributed by atoms with Crippen LogP contribution in [0.1, 0.15) is 29.0 Å². The van der Waals surface area contributed by atoms with Gasteiger partial charge in [-0.3, -0.25) is 4.98 Å². The molecular formula is C26H24N4OS. The van der Waals surface area contributed by atoms with Crippen LogP contribution in [0.5, 0.6) is 11.5 Å². The zero-order valence-corrected chi connectivity index (χ0v) is 18.8. The van der Waals surface area contributed by atoms with Gasteiger partial charge in [0.05, 0.1) is 11.7 Å². The van der Waals surface area contributed by atoms with Crippen LogP contribution >= 0.6 is 12.2 Å². The van der Waals surface area contributed by atoms with Gasteiger partial charge in [-0.2, -0.15) is 0 Å². The second-order valence-electron chi connectivity index (χ2n) is 7.95. The van der Waals surface area contributed by atoms with Gasteiger partial charge in [0, 0.05) is 30.8 Å². The van der Waals surface area contributed by atoms with E-state index in [0.29, 0.717) is 5.11 Å². The van der Waals surface area contributed by atoms with Gasteiger partial charge in [0.15, 0.2) is 5.11 Å². The topological polar surface area (TPSA) is 42.3 Å². The van der Waals surface area contributed by atoms with Crippen LogP contribution in [-0.2, 0) is 7.05 Å². The van der Waals surface area contributed by atoms with E-state index in [9.17, 15) is 0 Å². The van der Waals surface area contributed by atoms with Crippen LogP contribution in [-0.4, -0.2) is 14.7 Å². The van der Waals surface area contributed by atoms with Crippen molar-refractivity contribution in [3.63, 3.8) is 0 Å². The normalized spacial score (nSPS) is 17.9. The number of anilines is 1. The molecule has 1 N–H and O–H groups in total. The van der Waals surface area contributed by atoms with E-state index in [1.54, 1.807) is 0 Å². The molecule has 6 heteroatoms. The number of hydrogen-bond acceptors (Lipinski definition) is 3. The molecule has 0 spiro atoms. The number of aryl methyl sites for hydroxylation is 2. The molecule has 0 radical (unpaired) electrons. The summed E-state index contributed by atoms with van der Waals surface area (Å²) in [4.78, 5) is 6.77.